The molecule has 1 aliphatic carbocycles. The van der Waals surface area contributed by atoms with Crippen molar-refractivity contribution < 1.29 is 13.2 Å². The van der Waals surface area contributed by atoms with Crippen molar-refractivity contribution in [3.8, 4) is 0 Å². The second-order valence-corrected chi connectivity index (χ2v) is 3.25. The van der Waals surface area contributed by atoms with E-state index in [-0.39, 0.29) is 24.4 Å². The van der Waals surface area contributed by atoms with Gasteiger partial charge in [-0.25, -0.2) is 13.2 Å². The number of rotatable bonds is 2. The van der Waals surface area contributed by atoms with Crippen molar-refractivity contribution in [1.29, 1.82) is 0 Å². The SMILES string of the molecule is Nc1n[nH]c(C2(C(F)F)CC2)c1F. The maximum atomic E-state index is 13.1. The Morgan fingerprint density at radius 2 is 2.08 bits per heavy atom. The molecule has 1 aliphatic rings. The highest BCUT2D eigenvalue weighted by Gasteiger charge is 2.55. The zero-order valence-electron chi connectivity index (χ0n) is 6.65. The summed E-state index contributed by atoms with van der Waals surface area (Å²) in [7, 11) is 0. The fraction of sp³-hybridized carbons (Fsp3) is 0.571. The van der Waals surface area contributed by atoms with Gasteiger partial charge >= 0.3 is 0 Å². The number of H-pyrrole nitrogens is 1. The molecule has 3 nitrogen and oxygen atoms in total. The smallest absolute Gasteiger partial charge is 0.249 e. The molecule has 0 spiro atoms. The highest BCUT2D eigenvalue weighted by Crippen LogP contribution is 2.53. The molecule has 2 rings (SSSR count). The van der Waals surface area contributed by atoms with Gasteiger partial charge in [-0.1, -0.05) is 0 Å². The number of hydrogen-bond acceptors (Lipinski definition) is 2. The fourth-order valence-electron chi connectivity index (χ4n) is 1.38. The highest BCUT2D eigenvalue weighted by molar-refractivity contribution is 5.38. The second kappa shape index (κ2) is 2.40. The zero-order chi connectivity index (χ0) is 9.64. The third-order valence-corrected chi connectivity index (χ3v) is 2.44. The molecule has 0 aromatic carbocycles. The Labute approximate surface area is 72.1 Å². The summed E-state index contributed by atoms with van der Waals surface area (Å²) >= 11 is 0. The van der Waals surface area contributed by atoms with Crippen LogP contribution in [0.1, 0.15) is 18.5 Å². The van der Waals surface area contributed by atoms with Crippen molar-refractivity contribution >= 4 is 5.82 Å². The van der Waals surface area contributed by atoms with Crippen LogP contribution in [0.2, 0.25) is 0 Å². The van der Waals surface area contributed by atoms with Gasteiger partial charge in [0.2, 0.25) is 6.43 Å². The molecule has 72 valence electrons. The fourth-order valence-corrected chi connectivity index (χ4v) is 1.38. The van der Waals surface area contributed by atoms with Crippen LogP contribution in [0.25, 0.3) is 0 Å². The van der Waals surface area contributed by atoms with E-state index in [2.05, 4.69) is 10.2 Å². The van der Waals surface area contributed by atoms with Crippen molar-refractivity contribution in [2.75, 3.05) is 5.73 Å². The maximum absolute atomic E-state index is 13.1. The summed E-state index contributed by atoms with van der Waals surface area (Å²) in [6.45, 7) is 0. The molecule has 0 radical (unpaired) electrons. The quantitative estimate of drug-likeness (QED) is 0.742. The first-order valence-corrected chi connectivity index (χ1v) is 3.86. The first kappa shape index (κ1) is 8.40. The standard InChI is InChI=1S/C7H8F3N3/c8-3-4(12-13-5(3)11)7(1-2-7)6(9)10/h6H,1-2H2,(H3,11,12,13). The van der Waals surface area contributed by atoms with Crippen molar-refractivity contribution in [1.82, 2.24) is 10.2 Å². The number of nitrogens with one attached hydrogen (secondary N) is 1. The van der Waals surface area contributed by atoms with Crippen molar-refractivity contribution in [2.24, 2.45) is 0 Å². The molecule has 0 bridgehead atoms. The number of nitrogens with zero attached hydrogens (tertiary/aromatic N) is 1. The van der Waals surface area contributed by atoms with Crippen LogP contribution in [-0.2, 0) is 5.41 Å². The Kier molecular flexibility index (Phi) is 1.55. The molecule has 13 heavy (non-hydrogen) atoms. The third-order valence-electron chi connectivity index (χ3n) is 2.44. The Morgan fingerprint density at radius 1 is 1.46 bits per heavy atom. The van der Waals surface area contributed by atoms with Gasteiger partial charge in [-0.2, -0.15) is 5.10 Å². The third kappa shape index (κ3) is 1.01. The van der Waals surface area contributed by atoms with E-state index < -0.39 is 17.7 Å². The van der Waals surface area contributed by atoms with Crippen LogP contribution in [0.15, 0.2) is 0 Å². The molecule has 3 N–H and O–H groups in total. The Bertz CT molecular complexity index is 330. The van der Waals surface area contributed by atoms with Gasteiger partial charge in [0.05, 0.1) is 11.1 Å². The molecule has 6 heteroatoms. The lowest BCUT2D eigenvalue weighted by Gasteiger charge is -2.10. The molecule has 0 unspecified atom stereocenters. The van der Waals surface area contributed by atoms with Gasteiger partial charge in [-0.15, -0.1) is 0 Å². The second-order valence-electron chi connectivity index (χ2n) is 3.25. The van der Waals surface area contributed by atoms with Gasteiger partial charge in [0.1, 0.15) is 0 Å². The number of halogens is 3. The van der Waals surface area contributed by atoms with E-state index in [1.54, 1.807) is 0 Å². The molecule has 0 saturated heterocycles. The van der Waals surface area contributed by atoms with E-state index in [0.717, 1.165) is 0 Å². The average molecular weight is 191 g/mol. The molecular formula is C7H8F3N3. The van der Waals surface area contributed by atoms with E-state index >= 15 is 0 Å². The van der Waals surface area contributed by atoms with Crippen molar-refractivity contribution in [3.63, 3.8) is 0 Å². The number of nitrogen functional groups attached to an aromatic ring is 1. The van der Waals surface area contributed by atoms with Crippen LogP contribution in [0.5, 0.6) is 0 Å². The predicted octanol–water partition coefficient (Wildman–Crippen LogP) is 1.43. The van der Waals surface area contributed by atoms with Gasteiger partial charge in [-0.05, 0) is 12.8 Å². The largest absolute Gasteiger partial charge is 0.380 e. The summed E-state index contributed by atoms with van der Waals surface area (Å²) in [6, 6.07) is 0. The maximum Gasteiger partial charge on any atom is 0.249 e. The van der Waals surface area contributed by atoms with E-state index in [0.29, 0.717) is 0 Å². The van der Waals surface area contributed by atoms with Gasteiger partial charge in [-0.3, -0.25) is 5.10 Å². The van der Waals surface area contributed by atoms with Crippen LogP contribution >= 0.6 is 0 Å². The summed E-state index contributed by atoms with van der Waals surface area (Å²) < 4.78 is 38.1. The van der Waals surface area contributed by atoms with Gasteiger partial charge in [0.25, 0.3) is 0 Å². The van der Waals surface area contributed by atoms with Gasteiger partial charge < -0.3 is 5.73 Å². The van der Waals surface area contributed by atoms with Gasteiger partial charge in [0.15, 0.2) is 11.6 Å². The van der Waals surface area contributed by atoms with E-state index in [1.165, 1.54) is 0 Å². The summed E-state index contributed by atoms with van der Waals surface area (Å²) in [5.74, 6) is -1.18. The molecule has 0 aliphatic heterocycles. The summed E-state index contributed by atoms with van der Waals surface area (Å²) in [5, 5.41) is 5.58. The molecule has 1 fully saturated rings. The van der Waals surface area contributed by atoms with Crippen molar-refractivity contribution in [3.05, 3.63) is 11.5 Å². The Hall–Kier alpha value is -1.20. The average Bonchev–Trinajstić information content (AvgIpc) is 2.80. The lowest BCUT2D eigenvalue weighted by Crippen LogP contribution is -2.19. The van der Waals surface area contributed by atoms with Crippen LogP contribution in [-0.4, -0.2) is 16.6 Å². The first-order valence-electron chi connectivity index (χ1n) is 3.86. The van der Waals surface area contributed by atoms with E-state index in [4.69, 9.17) is 5.73 Å². The minimum atomic E-state index is -2.57. The molecular weight excluding hydrogens is 183 g/mol. The minimum absolute atomic E-state index is 0.153. The Balaban J connectivity index is 2.41. The molecule has 1 aromatic heterocycles. The molecule has 1 saturated carbocycles. The molecule has 1 aromatic rings. The van der Waals surface area contributed by atoms with Crippen LogP contribution in [0, 0.1) is 5.82 Å². The number of alkyl halides is 2. The number of hydrogen-bond donors (Lipinski definition) is 2. The molecule has 0 atom stereocenters. The number of anilines is 1. The molecule has 0 amide bonds. The number of aromatic nitrogens is 2. The van der Waals surface area contributed by atoms with E-state index in [9.17, 15) is 13.2 Å². The number of nitrogens with two attached hydrogens (primary N) is 1. The monoisotopic (exact) mass is 191 g/mol. The predicted molar refractivity (Wildman–Crippen MR) is 39.9 cm³/mol. The van der Waals surface area contributed by atoms with Crippen LogP contribution < -0.4 is 5.73 Å². The van der Waals surface area contributed by atoms with E-state index in [1.807, 2.05) is 0 Å². The minimum Gasteiger partial charge on any atom is -0.380 e. The lowest BCUT2D eigenvalue weighted by molar-refractivity contribution is 0.0980. The summed E-state index contributed by atoms with van der Waals surface area (Å²) in [4.78, 5) is 0. The van der Waals surface area contributed by atoms with Crippen molar-refractivity contribution in [2.45, 2.75) is 24.7 Å². The molecule has 1 heterocycles. The Morgan fingerprint density at radius 3 is 2.38 bits per heavy atom. The highest BCUT2D eigenvalue weighted by atomic mass is 19.3. The topological polar surface area (TPSA) is 54.7 Å². The first-order chi connectivity index (χ1) is 6.08. The number of aromatic amines is 1. The lowest BCUT2D eigenvalue weighted by atomic mass is 10.0. The normalized spacial score (nSPS) is 19.4. The summed E-state index contributed by atoms with van der Waals surface area (Å²) in [6.07, 6.45) is -2.01. The zero-order valence-corrected chi connectivity index (χ0v) is 6.65. The van der Waals surface area contributed by atoms with Crippen LogP contribution in [0.3, 0.4) is 0 Å². The van der Waals surface area contributed by atoms with Gasteiger partial charge in [0, 0.05) is 0 Å². The van der Waals surface area contributed by atoms with Crippen LogP contribution in [0.4, 0.5) is 19.0 Å². The summed E-state index contributed by atoms with van der Waals surface area (Å²) in [5.41, 5.74) is 3.60.